The van der Waals surface area contributed by atoms with Gasteiger partial charge in [0.05, 0.1) is 0 Å². The molecule has 0 spiro atoms. The minimum absolute atomic E-state index is 0. The van der Waals surface area contributed by atoms with Gasteiger partial charge < -0.3 is 10.8 Å². The van der Waals surface area contributed by atoms with Crippen molar-refractivity contribution in [1.29, 1.82) is 0 Å². The van der Waals surface area contributed by atoms with E-state index in [0.29, 0.717) is 6.42 Å². The lowest BCUT2D eigenvalue weighted by molar-refractivity contribution is -0.137. The zero-order valence-electron chi connectivity index (χ0n) is 10.7. The first kappa shape index (κ1) is 16.8. The molecule has 3 N–H and O–H groups in total. The number of nitrogens with two attached hydrogens (primary N) is 1. The smallest absolute Gasteiger partial charge is 0.303 e. The number of aliphatic carboxylic acids is 1. The van der Waals surface area contributed by atoms with Crippen molar-refractivity contribution < 1.29 is 9.90 Å². The molecule has 0 saturated carbocycles. The molecule has 0 aliphatic heterocycles. The number of carboxylic acids is 1. The fourth-order valence-corrected chi connectivity index (χ4v) is 0.880. The van der Waals surface area contributed by atoms with Crippen LogP contribution >= 0.6 is 0 Å². The fraction of sp³-hybridized carbons (Fsp3) is 0.917. The van der Waals surface area contributed by atoms with E-state index in [-0.39, 0.29) is 5.54 Å². The van der Waals surface area contributed by atoms with Gasteiger partial charge in [-0.1, -0.05) is 32.6 Å². The van der Waals surface area contributed by atoms with E-state index in [1.54, 1.807) is 0 Å². The highest BCUT2D eigenvalue weighted by molar-refractivity contribution is 5.66. The van der Waals surface area contributed by atoms with Crippen molar-refractivity contribution in [2.75, 3.05) is 0 Å². The molecule has 92 valence electrons. The molecule has 0 heterocycles. The summed E-state index contributed by atoms with van der Waals surface area (Å²) in [6.07, 6.45) is 5.88. The van der Waals surface area contributed by atoms with Gasteiger partial charge in [0.1, 0.15) is 0 Å². The van der Waals surface area contributed by atoms with Gasteiger partial charge >= 0.3 is 5.97 Å². The SMILES string of the molecule is CC(C)(C)N.CCCCCCCC(=O)O. The maximum Gasteiger partial charge on any atom is 0.303 e. The molecule has 0 fully saturated rings. The van der Waals surface area contributed by atoms with Gasteiger partial charge in [0.2, 0.25) is 0 Å². The molecule has 0 bridgehead atoms. The van der Waals surface area contributed by atoms with Crippen molar-refractivity contribution >= 4 is 5.97 Å². The van der Waals surface area contributed by atoms with Crippen LogP contribution in [0.15, 0.2) is 0 Å². The summed E-state index contributed by atoms with van der Waals surface area (Å²) in [5.41, 5.74) is 5.35. The number of rotatable bonds is 6. The van der Waals surface area contributed by atoms with Gasteiger partial charge in [-0.2, -0.15) is 0 Å². The third kappa shape index (κ3) is 42.4. The third-order valence-corrected chi connectivity index (χ3v) is 1.49. The lowest BCUT2D eigenvalue weighted by atomic mass is 10.1. The van der Waals surface area contributed by atoms with Crippen LogP contribution in [-0.4, -0.2) is 16.6 Å². The quantitative estimate of drug-likeness (QED) is 0.672. The van der Waals surface area contributed by atoms with E-state index in [0.717, 1.165) is 12.8 Å². The topological polar surface area (TPSA) is 63.3 Å². The highest BCUT2D eigenvalue weighted by atomic mass is 16.4. The number of unbranched alkanes of at least 4 members (excludes halogenated alkanes) is 4. The van der Waals surface area contributed by atoms with E-state index in [9.17, 15) is 4.79 Å². The van der Waals surface area contributed by atoms with Crippen molar-refractivity contribution in [3.8, 4) is 0 Å². The van der Waals surface area contributed by atoms with Crippen LogP contribution in [0.3, 0.4) is 0 Å². The van der Waals surface area contributed by atoms with Crippen LogP contribution in [0, 0.1) is 0 Å². The molecular formula is C12H27NO2. The summed E-state index contributed by atoms with van der Waals surface area (Å²) in [6, 6.07) is 0. The molecule has 0 aromatic carbocycles. The summed E-state index contributed by atoms with van der Waals surface area (Å²) in [6.45, 7) is 8.05. The van der Waals surface area contributed by atoms with Gasteiger partial charge in [-0.15, -0.1) is 0 Å². The highest BCUT2D eigenvalue weighted by Crippen LogP contribution is 2.04. The van der Waals surface area contributed by atoms with Gasteiger partial charge in [-0.25, -0.2) is 0 Å². The zero-order valence-corrected chi connectivity index (χ0v) is 10.7. The van der Waals surface area contributed by atoms with E-state index in [1.165, 1.54) is 19.3 Å². The summed E-state index contributed by atoms with van der Waals surface area (Å²) in [5, 5.41) is 8.27. The van der Waals surface area contributed by atoms with Crippen LogP contribution in [-0.2, 0) is 4.79 Å². The Labute approximate surface area is 94.1 Å². The molecule has 0 aliphatic carbocycles. The van der Waals surface area contributed by atoms with Crippen LogP contribution < -0.4 is 5.73 Å². The Bertz CT molecular complexity index is 144. The van der Waals surface area contributed by atoms with Gasteiger partial charge in [-0.05, 0) is 27.2 Å². The maximum absolute atomic E-state index is 10.0. The summed E-state index contributed by atoms with van der Waals surface area (Å²) >= 11 is 0. The van der Waals surface area contributed by atoms with Gasteiger partial charge in [0.25, 0.3) is 0 Å². The Hall–Kier alpha value is -0.570. The molecule has 0 unspecified atom stereocenters. The van der Waals surface area contributed by atoms with Crippen molar-refractivity contribution in [2.45, 2.75) is 71.8 Å². The van der Waals surface area contributed by atoms with E-state index in [2.05, 4.69) is 6.92 Å². The summed E-state index contributed by atoms with van der Waals surface area (Å²) in [4.78, 5) is 10.0. The second-order valence-electron chi connectivity index (χ2n) is 4.92. The second-order valence-corrected chi connectivity index (χ2v) is 4.92. The second kappa shape index (κ2) is 9.97. The first-order valence-corrected chi connectivity index (χ1v) is 5.78. The van der Waals surface area contributed by atoms with E-state index in [4.69, 9.17) is 10.8 Å². The van der Waals surface area contributed by atoms with E-state index < -0.39 is 5.97 Å². The minimum atomic E-state index is -0.670. The first-order chi connectivity index (χ1) is 6.77. The predicted molar refractivity (Wildman–Crippen MR) is 65.0 cm³/mol. The molecule has 3 nitrogen and oxygen atoms in total. The van der Waals surface area contributed by atoms with Gasteiger partial charge in [0, 0.05) is 12.0 Å². The predicted octanol–water partition coefficient (Wildman–Crippen LogP) is 3.18. The van der Waals surface area contributed by atoms with Gasteiger partial charge in [-0.3, -0.25) is 4.79 Å². The molecule has 0 aliphatic rings. The molecular weight excluding hydrogens is 190 g/mol. The summed E-state index contributed by atoms with van der Waals surface area (Å²) < 4.78 is 0. The Morgan fingerprint density at radius 2 is 1.53 bits per heavy atom. The first-order valence-electron chi connectivity index (χ1n) is 5.78. The minimum Gasteiger partial charge on any atom is -0.481 e. The normalized spacial score (nSPS) is 10.5. The highest BCUT2D eigenvalue weighted by Gasteiger charge is 1.95. The molecule has 0 amide bonds. The fourth-order valence-electron chi connectivity index (χ4n) is 0.880. The maximum atomic E-state index is 10.0. The molecule has 0 saturated heterocycles. The van der Waals surface area contributed by atoms with Crippen molar-refractivity contribution in [1.82, 2.24) is 0 Å². The molecule has 0 aromatic rings. The molecule has 15 heavy (non-hydrogen) atoms. The zero-order chi connectivity index (χ0) is 12.3. The lowest BCUT2D eigenvalue weighted by Crippen LogP contribution is -2.26. The number of carboxylic acid groups (broad SMARTS) is 1. The van der Waals surface area contributed by atoms with E-state index >= 15 is 0 Å². The Morgan fingerprint density at radius 3 is 1.87 bits per heavy atom. The third-order valence-electron chi connectivity index (χ3n) is 1.49. The van der Waals surface area contributed by atoms with Crippen LogP contribution in [0.4, 0.5) is 0 Å². The van der Waals surface area contributed by atoms with Crippen molar-refractivity contribution in [2.24, 2.45) is 5.73 Å². The van der Waals surface area contributed by atoms with Crippen LogP contribution in [0.1, 0.15) is 66.2 Å². The van der Waals surface area contributed by atoms with Crippen molar-refractivity contribution in [3.05, 3.63) is 0 Å². The largest absolute Gasteiger partial charge is 0.481 e. The van der Waals surface area contributed by atoms with Crippen LogP contribution in [0.2, 0.25) is 0 Å². The summed E-state index contributed by atoms with van der Waals surface area (Å²) in [5.74, 6) is -0.670. The number of hydrogen-bond donors (Lipinski definition) is 2. The Balaban J connectivity index is 0. The Morgan fingerprint density at radius 1 is 1.13 bits per heavy atom. The summed E-state index contributed by atoms with van der Waals surface area (Å²) in [7, 11) is 0. The monoisotopic (exact) mass is 217 g/mol. The molecule has 0 aromatic heterocycles. The van der Waals surface area contributed by atoms with Crippen LogP contribution in [0.25, 0.3) is 0 Å². The molecule has 0 rings (SSSR count). The Kier molecular flexibility index (Phi) is 11.2. The van der Waals surface area contributed by atoms with E-state index in [1.807, 2.05) is 20.8 Å². The molecule has 3 heteroatoms. The lowest BCUT2D eigenvalue weighted by Gasteiger charge is -2.06. The molecule has 0 radical (unpaired) electrons. The standard InChI is InChI=1S/C8H16O2.C4H11N/c1-2-3-4-5-6-7-8(9)10;1-4(2,3)5/h2-7H2,1H3,(H,9,10);5H2,1-3H3. The van der Waals surface area contributed by atoms with Gasteiger partial charge in [0.15, 0.2) is 0 Å². The average molecular weight is 217 g/mol. The number of carbonyl (C=O) groups is 1. The van der Waals surface area contributed by atoms with Crippen molar-refractivity contribution in [3.63, 3.8) is 0 Å². The van der Waals surface area contributed by atoms with Crippen LogP contribution in [0.5, 0.6) is 0 Å². The molecule has 0 atom stereocenters. The number of hydrogen-bond acceptors (Lipinski definition) is 2. The average Bonchev–Trinajstić information content (AvgIpc) is 2.00.